The van der Waals surface area contributed by atoms with Gasteiger partial charge in [0, 0.05) is 29.9 Å². The van der Waals surface area contributed by atoms with Crippen molar-refractivity contribution in [2.24, 2.45) is 0 Å². The number of rotatable bonds is 4. The Hall–Kier alpha value is -2.26. The summed E-state index contributed by atoms with van der Waals surface area (Å²) in [6.45, 7) is 2.07. The molecule has 1 atom stereocenters. The highest BCUT2D eigenvalue weighted by Gasteiger charge is 2.13. The fourth-order valence-electron chi connectivity index (χ4n) is 2.59. The predicted molar refractivity (Wildman–Crippen MR) is 84.0 cm³/mol. The number of para-hydroxylation sites is 1. The Morgan fingerprint density at radius 2 is 1.95 bits per heavy atom. The Bertz CT molecular complexity index is 755. The number of hydrogen-bond acceptors (Lipinski definition) is 3. The summed E-state index contributed by atoms with van der Waals surface area (Å²) in [6, 6.07) is 14.0. The van der Waals surface area contributed by atoms with Crippen molar-refractivity contribution in [2.45, 2.75) is 25.9 Å². The molecule has 1 aromatic carbocycles. The van der Waals surface area contributed by atoms with Crippen molar-refractivity contribution in [2.75, 3.05) is 0 Å². The molecule has 1 N–H and O–H groups in total. The lowest BCUT2D eigenvalue weighted by Gasteiger charge is -2.14. The summed E-state index contributed by atoms with van der Waals surface area (Å²) in [5.41, 5.74) is 3.90. The standard InChI is InChI=1S/C18H18N2O/c1-2-13-12-19-10-9-16(13)18(21)11-15-8-7-14-5-3-4-6-17(14)20-15/h3-10,12,18,21H,2,11H2,1H3. The van der Waals surface area contributed by atoms with E-state index >= 15 is 0 Å². The molecule has 0 aliphatic carbocycles. The van der Waals surface area contributed by atoms with E-state index in [4.69, 9.17) is 0 Å². The summed E-state index contributed by atoms with van der Waals surface area (Å²) in [7, 11) is 0. The number of pyridine rings is 2. The molecule has 3 aromatic rings. The third-order valence-corrected chi connectivity index (χ3v) is 3.74. The van der Waals surface area contributed by atoms with Crippen molar-refractivity contribution in [1.29, 1.82) is 0 Å². The quantitative estimate of drug-likeness (QED) is 0.795. The number of nitrogens with zero attached hydrogens (tertiary/aromatic N) is 2. The van der Waals surface area contributed by atoms with Crippen LogP contribution in [0.15, 0.2) is 54.9 Å². The number of fused-ring (bicyclic) bond motifs is 1. The number of benzene rings is 1. The highest BCUT2D eigenvalue weighted by atomic mass is 16.3. The molecule has 0 bridgehead atoms. The van der Waals surface area contributed by atoms with Gasteiger partial charge < -0.3 is 5.11 Å². The van der Waals surface area contributed by atoms with Crippen LogP contribution in [0.25, 0.3) is 10.9 Å². The van der Waals surface area contributed by atoms with Crippen molar-refractivity contribution < 1.29 is 5.11 Å². The van der Waals surface area contributed by atoms with E-state index in [1.54, 1.807) is 6.20 Å². The van der Waals surface area contributed by atoms with Gasteiger partial charge in [0.1, 0.15) is 0 Å². The Morgan fingerprint density at radius 1 is 1.10 bits per heavy atom. The highest BCUT2D eigenvalue weighted by Crippen LogP contribution is 2.22. The average Bonchev–Trinajstić information content (AvgIpc) is 2.54. The molecule has 2 heterocycles. The zero-order chi connectivity index (χ0) is 14.7. The van der Waals surface area contributed by atoms with Gasteiger partial charge in [-0.1, -0.05) is 31.2 Å². The summed E-state index contributed by atoms with van der Waals surface area (Å²) in [5.74, 6) is 0. The molecule has 0 amide bonds. The first-order valence-electron chi connectivity index (χ1n) is 7.23. The van der Waals surface area contributed by atoms with Crippen LogP contribution >= 0.6 is 0 Å². The van der Waals surface area contributed by atoms with Crippen LogP contribution in [0.5, 0.6) is 0 Å². The van der Waals surface area contributed by atoms with Crippen molar-refractivity contribution in [3.05, 3.63) is 71.7 Å². The minimum atomic E-state index is -0.545. The van der Waals surface area contributed by atoms with E-state index in [1.165, 1.54) is 0 Å². The van der Waals surface area contributed by atoms with Crippen LogP contribution < -0.4 is 0 Å². The smallest absolute Gasteiger partial charge is 0.0849 e. The van der Waals surface area contributed by atoms with E-state index in [-0.39, 0.29) is 0 Å². The lowest BCUT2D eigenvalue weighted by atomic mass is 9.99. The summed E-state index contributed by atoms with van der Waals surface area (Å²) >= 11 is 0. The van der Waals surface area contributed by atoms with Gasteiger partial charge in [0.2, 0.25) is 0 Å². The van der Waals surface area contributed by atoms with E-state index in [1.807, 2.05) is 42.6 Å². The second kappa shape index (κ2) is 6.02. The van der Waals surface area contributed by atoms with Gasteiger partial charge in [-0.2, -0.15) is 0 Å². The van der Waals surface area contributed by atoms with Gasteiger partial charge in [-0.05, 0) is 35.7 Å². The Kier molecular flexibility index (Phi) is 3.93. The zero-order valence-corrected chi connectivity index (χ0v) is 12.0. The fraction of sp³-hybridized carbons (Fsp3) is 0.222. The molecular formula is C18H18N2O. The molecule has 3 heteroatoms. The van der Waals surface area contributed by atoms with Crippen molar-refractivity contribution in [3.63, 3.8) is 0 Å². The molecule has 2 aromatic heterocycles. The SMILES string of the molecule is CCc1cnccc1C(O)Cc1ccc2ccccc2n1. The molecule has 3 rings (SSSR count). The summed E-state index contributed by atoms with van der Waals surface area (Å²) in [5, 5.41) is 11.6. The Balaban J connectivity index is 1.87. The molecule has 0 saturated carbocycles. The lowest BCUT2D eigenvalue weighted by molar-refractivity contribution is 0.176. The van der Waals surface area contributed by atoms with E-state index in [0.717, 1.165) is 34.1 Å². The van der Waals surface area contributed by atoms with Crippen LogP contribution in [0.3, 0.4) is 0 Å². The molecular weight excluding hydrogens is 260 g/mol. The van der Waals surface area contributed by atoms with Gasteiger partial charge >= 0.3 is 0 Å². The van der Waals surface area contributed by atoms with Crippen LogP contribution in [0.2, 0.25) is 0 Å². The molecule has 0 radical (unpaired) electrons. The number of hydrogen-bond donors (Lipinski definition) is 1. The second-order valence-corrected chi connectivity index (χ2v) is 5.14. The normalized spacial score (nSPS) is 12.5. The van der Waals surface area contributed by atoms with E-state index in [2.05, 4.69) is 23.0 Å². The van der Waals surface area contributed by atoms with Gasteiger partial charge in [0.25, 0.3) is 0 Å². The monoisotopic (exact) mass is 278 g/mol. The van der Waals surface area contributed by atoms with E-state index < -0.39 is 6.10 Å². The van der Waals surface area contributed by atoms with Gasteiger partial charge in [-0.15, -0.1) is 0 Å². The molecule has 0 fully saturated rings. The molecule has 106 valence electrons. The van der Waals surface area contributed by atoms with Crippen LogP contribution in [0, 0.1) is 0 Å². The van der Waals surface area contributed by atoms with E-state index in [0.29, 0.717) is 6.42 Å². The molecule has 0 saturated heterocycles. The Morgan fingerprint density at radius 3 is 2.81 bits per heavy atom. The molecule has 0 aliphatic rings. The second-order valence-electron chi connectivity index (χ2n) is 5.14. The minimum absolute atomic E-state index is 0.516. The largest absolute Gasteiger partial charge is 0.388 e. The molecule has 1 unspecified atom stereocenters. The third-order valence-electron chi connectivity index (χ3n) is 3.74. The third kappa shape index (κ3) is 2.93. The lowest BCUT2D eigenvalue weighted by Crippen LogP contribution is -2.06. The predicted octanol–water partition coefficient (Wildman–Crippen LogP) is 3.47. The fourth-order valence-corrected chi connectivity index (χ4v) is 2.59. The average molecular weight is 278 g/mol. The van der Waals surface area contributed by atoms with Crippen LogP contribution in [-0.4, -0.2) is 15.1 Å². The molecule has 0 aliphatic heterocycles. The van der Waals surface area contributed by atoms with Crippen molar-refractivity contribution >= 4 is 10.9 Å². The first-order valence-corrected chi connectivity index (χ1v) is 7.23. The minimum Gasteiger partial charge on any atom is -0.388 e. The number of aliphatic hydroxyl groups is 1. The van der Waals surface area contributed by atoms with E-state index in [9.17, 15) is 5.11 Å². The van der Waals surface area contributed by atoms with Crippen molar-refractivity contribution in [1.82, 2.24) is 9.97 Å². The Labute approximate surface area is 124 Å². The molecule has 0 spiro atoms. The van der Waals surface area contributed by atoms with Crippen LogP contribution in [0.4, 0.5) is 0 Å². The van der Waals surface area contributed by atoms with Crippen LogP contribution in [-0.2, 0) is 12.8 Å². The van der Waals surface area contributed by atoms with Crippen molar-refractivity contribution in [3.8, 4) is 0 Å². The maximum Gasteiger partial charge on any atom is 0.0849 e. The van der Waals surface area contributed by atoms with Crippen LogP contribution in [0.1, 0.15) is 29.8 Å². The summed E-state index contributed by atoms with van der Waals surface area (Å²) in [6.07, 6.45) is 4.39. The summed E-state index contributed by atoms with van der Waals surface area (Å²) < 4.78 is 0. The zero-order valence-electron chi connectivity index (χ0n) is 12.0. The van der Waals surface area contributed by atoms with Gasteiger partial charge in [0.05, 0.1) is 11.6 Å². The molecule has 21 heavy (non-hydrogen) atoms. The number of aryl methyl sites for hydroxylation is 1. The van der Waals surface area contributed by atoms with Gasteiger partial charge in [0.15, 0.2) is 0 Å². The number of aromatic nitrogens is 2. The topological polar surface area (TPSA) is 46.0 Å². The highest BCUT2D eigenvalue weighted by molar-refractivity contribution is 5.78. The first kappa shape index (κ1) is 13.7. The van der Waals surface area contributed by atoms with Gasteiger partial charge in [-0.25, -0.2) is 0 Å². The first-order chi connectivity index (χ1) is 10.3. The molecule has 3 nitrogen and oxygen atoms in total. The maximum atomic E-state index is 10.5. The maximum absolute atomic E-state index is 10.5. The number of aliphatic hydroxyl groups excluding tert-OH is 1. The summed E-state index contributed by atoms with van der Waals surface area (Å²) in [4.78, 5) is 8.74. The van der Waals surface area contributed by atoms with Gasteiger partial charge in [-0.3, -0.25) is 9.97 Å².